The zero-order valence-corrected chi connectivity index (χ0v) is 15.3. The number of benzene rings is 1. The molecule has 3 rings (SSSR count). The average molecular weight is 391 g/mol. The van der Waals surface area contributed by atoms with Crippen molar-refractivity contribution in [1.29, 1.82) is 0 Å². The van der Waals surface area contributed by atoms with E-state index >= 15 is 0 Å². The number of hydrogen-bond donors (Lipinski definition) is 0. The summed E-state index contributed by atoms with van der Waals surface area (Å²) in [6, 6.07) is 10.4. The van der Waals surface area contributed by atoms with Gasteiger partial charge in [-0.3, -0.25) is 14.5 Å². The lowest BCUT2D eigenvalue weighted by Gasteiger charge is -2.14. The maximum atomic E-state index is 12.4. The number of rotatable bonds is 5. The van der Waals surface area contributed by atoms with Crippen molar-refractivity contribution in [3.63, 3.8) is 0 Å². The number of halogens is 1. The Balaban J connectivity index is 1.69. The quantitative estimate of drug-likeness (QED) is 0.730. The molecule has 0 saturated carbocycles. The van der Waals surface area contributed by atoms with Crippen LogP contribution in [-0.2, 0) is 14.3 Å². The van der Waals surface area contributed by atoms with Gasteiger partial charge in [-0.25, -0.2) is 9.78 Å². The Hall–Kier alpha value is -2.38. The molecule has 1 fully saturated rings. The van der Waals surface area contributed by atoms with Gasteiger partial charge in [-0.1, -0.05) is 35.5 Å². The first kappa shape index (κ1) is 18.4. The molecule has 0 N–H and O–H groups in total. The Labute approximate surface area is 159 Å². The van der Waals surface area contributed by atoms with Gasteiger partial charge < -0.3 is 4.74 Å². The number of likely N-dealkylation sites (tertiary alicyclic amines) is 1. The van der Waals surface area contributed by atoms with Crippen LogP contribution < -0.4 is 0 Å². The number of nitrogens with zero attached hydrogens (tertiary/aromatic N) is 2. The first-order valence-electron chi connectivity index (χ1n) is 7.94. The Morgan fingerprint density at radius 2 is 2.04 bits per heavy atom. The molecule has 0 bridgehead atoms. The van der Waals surface area contributed by atoms with E-state index in [0.717, 1.165) is 9.80 Å². The van der Waals surface area contributed by atoms with Crippen molar-refractivity contribution in [2.75, 3.05) is 13.2 Å². The van der Waals surface area contributed by atoms with E-state index in [4.69, 9.17) is 16.3 Å². The first-order chi connectivity index (χ1) is 12.6. The van der Waals surface area contributed by atoms with E-state index in [1.807, 2.05) is 18.2 Å². The predicted octanol–water partition coefficient (Wildman–Crippen LogP) is 3.19. The smallest absolute Gasteiger partial charge is 0.341 e. The van der Waals surface area contributed by atoms with Crippen LogP contribution >= 0.6 is 23.4 Å². The summed E-state index contributed by atoms with van der Waals surface area (Å²) in [4.78, 5) is 42.0. The Kier molecular flexibility index (Phi) is 5.90. The van der Waals surface area contributed by atoms with Crippen molar-refractivity contribution in [3.8, 4) is 0 Å². The van der Waals surface area contributed by atoms with E-state index in [2.05, 4.69) is 4.98 Å². The molecule has 1 aliphatic heterocycles. The van der Waals surface area contributed by atoms with Crippen molar-refractivity contribution in [1.82, 2.24) is 9.88 Å². The second-order valence-corrected chi connectivity index (χ2v) is 6.95. The molecule has 0 aliphatic carbocycles. The maximum absolute atomic E-state index is 12.4. The summed E-state index contributed by atoms with van der Waals surface area (Å²) < 4.78 is 5.09. The van der Waals surface area contributed by atoms with Gasteiger partial charge in [-0.05, 0) is 30.7 Å². The molecule has 26 heavy (non-hydrogen) atoms. The average Bonchev–Trinajstić information content (AvgIpc) is 3.08. The van der Waals surface area contributed by atoms with E-state index in [9.17, 15) is 14.4 Å². The van der Waals surface area contributed by atoms with E-state index in [1.165, 1.54) is 11.8 Å². The Morgan fingerprint density at radius 1 is 1.23 bits per heavy atom. The number of hydrogen-bond acceptors (Lipinski definition) is 6. The lowest BCUT2D eigenvalue weighted by Crippen LogP contribution is -2.35. The summed E-state index contributed by atoms with van der Waals surface area (Å²) in [7, 11) is 0. The Bertz CT molecular complexity index is 859. The van der Waals surface area contributed by atoms with Gasteiger partial charge in [0.1, 0.15) is 5.03 Å². The van der Waals surface area contributed by atoms with Gasteiger partial charge in [0.25, 0.3) is 5.91 Å². The highest BCUT2D eigenvalue weighted by molar-refractivity contribution is 7.99. The van der Waals surface area contributed by atoms with Crippen LogP contribution in [0.4, 0.5) is 0 Å². The molecule has 134 valence electrons. The number of aromatic nitrogens is 1. The third-order valence-corrected chi connectivity index (χ3v) is 5.27. The molecular weight excluding hydrogens is 376 g/mol. The zero-order valence-electron chi connectivity index (χ0n) is 13.7. The fourth-order valence-electron chi connectivity index (χ4n) is 2.45. The van der Waals surface area contributed by atoms with Gasteiger partial charge in [0.05, 0.1) is 10.6 Å². The predicted molar refractivity (Wildman–Crippen MR) is 96.0 cm³/mol. The molecule has 0 unspecified atom stereocenters. The van der Waals surface area contributed by atoms with Crippen LogP contribution in [0.5, 0.6) is 0 Å². The lowest BCUT2D eigenvalue weighted by molar-refractivity contribution is -0.143. The zero-order chi connectivity index (χ0) is 18.5. The third kappa shape index (κ3) is 4.23. The normalized spacial score (nSPS) is 13.7. The van der Waals surface area contributed by atoms with Crippen molar-refractivity contribution < 1.29 is 19.1 Å². The summed E-state index contributed by atoms with van der Waals surface area (Å²) in [6.07, 6.45) is 2.55. The van der Waals surface area contributed by atoms with Crippen LogP contribution in [0.1, 0.15) is 23.2 Å². The first-order valence-corrected chi connectivity index (χ1v) is 9.13. The number of imide groups is 1. The highest BCUT2D eigenvalue weighted by Gasteiger charge is 2.27. The summed E-state index contributed by atoms with van der Waals surface area (Å²) in [5, 5.41) is 0.973. The third-order valence-electron chi connectivity index (χ3n) is 3.74. The molecule has 1 aromatic carbocycles. The van der Waals surface area contributed by atoms with Crippen LogP contribution in [0.3, 0.4) is 0 Å². The Morgan fingerprint density at radius 3 is 2.77 bits per heavy atom. The topological polar surface area (TPSA) is 76.6 Å². The minimum Gasteiger partial charge on any atom is -0.452 e. The largest absolute Gasteiger partial charge is 0.452 e. The molecule has 0 radical (unpaired) electrons. The van der Waals surface area contributed by atoms with Gasteiger partial charge >= 0.3 is 5.97 Å². The lowest BCUT2D eigenvalue weighted by atomic mass is 10.3. The number of carbonyl (C=O) groups is 3. The van der Waals surface area contributed by atoms with Crippen LogP contribution in [-0.4, -0.2) is 40.8 Å². The van der Waals surface area contributed by atoms with Crippen molar-refractivity contribution in [2.24, 2.45) is 0 Å². The molecular formula is C18H15ClN2O4S. The summed E-state index contributed by atoms with van der Waals surface area (Å²) >= 11 is 7.38. The summed E-state index contributed by atoms with van der Waals surface area (Å²) in [5.41, 5.74) is 0.234. The number of ether oxygens (including phenoxy) is 1. The van der Waals surface area contributed by atoms with E-state index in [0.29, 0.717) is 29.4 Å². The van der Waals surface area contributed by atoms with E-state index < -0.39 is 18.5 Å². The van der Waals surface area contributed by atoms with Gasteiger partial charge in [0.2, 0.25) is 5.91 Å². The number of carbonyl (C=O) groups excluding carboxylic acids is 3. The maximum Gasteiger partial charge on any atom is 0.341 e. The minimum atomic E-state index is -0.673. The van der Waals surface area contributed by atoms with Gasteiger partial charge in [-0.15, -0.1) is 0 Å². The minimum absolute atomic E-state index is 0.234. The molecule has 1 aliphatic rings. The summed E-state index contributed by atoms with van der Waals surface area (Å²) in [6.45, 7) is -0.106. The molecule has 0 spiro atoms. The molecule has 2 amide bonds. The van der Waals surface area contributed by atoms with Crippen LogP contribution in [0, 0.1) is 0 Å². The second-order valence-electron chi connectivity index (χ2n) is 5.51. The SMILES string of the molecule is O=C(OCC(=O)N1CCCC1=O)c1cccnc1Sc1ccccc1Cl. The van der Waals surface area contributed by atoms with Gasteiger partial charge in [0.15, 0.2) is 6.61 Å². The van der Waals surface area contributed by atoms with Crippen LogP contribution in [0.25, 0.3) is 0 Å². The number of pyridine rings is 1. The standard InChI is InChI=1S/C18H15ClN2O4S/c19-13-6-1-2-7-14(13)26-17-12(5-3-9-20-17)18(24)25-11-16(23)21-10-4-8-15(21)22/h1-3,5-7,9H,4,8,10-11H2. The van der Waals surface area contributed by atoms with Gasteiger partial charge in [0, 0.05) is 24.1 Å². The highest BCUT2D eigenvalue weighted by Crippen LogP contribution is 2.33. The molecule has 8 heteroatoms. The van der Waals surface area contributed by atoms with Crippen molar-refractivity contribution in [2.45, 2.75) is 22.8 Å². The fourth-order valence-corrected chi connectivity index (χ4v) is 3.60. The monoisotopic (exact) mass is 390 g/mol. The van der Waals surface area contributed by atoms with Crippen LogP contribution in [0.2, 0.25) is 5.02 Å². The van der Waals surface area contributed by atoms with E-state index in [1.54, 1.807) is 24.4 Å². The number of amides is 2. The molecule has 1 saturated heterocycles. The van der Waals surface area contributed by atoms with E-state index in [-0.39, 0.29) is 11.5 Å². The highest BCUT2D eigenvalue weighted by atomic mass is 35.5. The second kappa shape index (κ2) is 8.33. The molecule has 6 nitrogen and oxygen atoms in total. The fraction of sp³-hybridized carbons (Fsp3) is 0.222. The van der Waals surface area contributed by atoms with Gasteiger partial charge in [-0.2, -0.15) is 0 Å². The molecule has 2 aromatic rings. The molecule has 1 aromatic heterocycles. The molecule has 2 heterocycles. The summed E-state index contributed by atoms with van der Waals surface area (Å²) in [5.74, 6) is -1.42. The van der Waals surface area contributed by atoms with Crippen molar-refractivity contribution >= 4 is 41.1 Å². The number of esters is 1. The van der Waals surface area contributed by atoms with Crippen molar-refractivity contribution in [3.05, 3.63) is 53.2 Å². The molecule has 0 atom stereocenters. The van der Waals surface area contributed by atoms with Crippen LogP contribution in [0.15, 0.2) is 52.5 Å².